The molecule has 2 aliphatic heterocycles. The molecule has 2 aliphatic rings. The molecule has 6 nitrogen and oxygen atoms in total. The van der Waals surface area contributed by atoms with Crippen molar-refractivity contribution in [1.29, 1.82) is 0 Å². The van der Waals surface area contributed by atoms with E-state index in [0.717, 1.165) is 56.5 Å². The van der Waals surface area contributed by atoms with Gasteiger partial charge in [-0.1, -0.05) is 12.5 Å². The quantitative estimate of drug-likeness (QED) is 0.725. The Hall–Kier alpha value is -1.97. The molecule has 0 unspecified atom stereocenters. The molecule has 3 heterocycles. The molecule has 1 amide bonds. The van der Waals surface area contributed by atoms with Crippen molar-refractivity contribution in [3.63, 3.8) is 0 Å². The van der Waals surface area contributed by atoms with Crippen LogP contribution >= 0.6 is 11.3 Å². The number of anilines is 2. The maximum Gasteiger partial charge on any atom is 0.252 e. The third-order valence-electron chi connectivity index (χ3n) is 5.58. The van der Waals surface area contributed by atoms with Crippen molar-refractivity contribution >= 4 is 38.6 Å². The topological polar surface area (TPSA) is 69.7 Å². The number of nitrogens with zero attached hydrogens (tertiary/aromatic N) is 2. The third-order valence-corrected chi connectivity index (χ3v) is 9.04. The summed E-state index contributed by atoms with van der Waals surface area (Å²) in [6.07, 6.45) is 4.91. The van der Waals surface area contributed by atoms with Crippen LogP contribution in [0.4, 0.5) is 15.8 Å². The number of thiophene rings is 1. The fourth-order valence-corrected chi connectivity index (χ4v) is 7.05. The lowest BCUT2D eigenvalue weighted by Crippen LogP contribution is -2.35. The van der Waals surface area contributed by atoms with E-state index in [2.05, 4.69) is 10.2 Å². The molecule has 2 fully saturated rings. The SMILES string of the molecule is O=C(Cc1ccc(S(=O)(=O)N2CCCCC2)s1)Nc1c(F)cccc1N1CCCC1. The van der Waals surface area contributed by atoms with Crippen molar-refractivity contribution in [2.24, 2.45) is 0 Å². The zero-order chi connectivity index (χ0) is 21.1. The highest BCUT2D eigenvalue weighted by Crippen LogP contribution is 2.32. The number of hydrogen-bond donors (Lipinski definition) is 1. The van der Waals surface area contributed by atoms with Crippen molar-refractivity contribution in [1.82, 2.24) is 4.31 Å². The van der Waals surface area contributed by atoms with E-state index in [9.17, 15) is 17.6 Å². The molecule has 0 atom stereocenters. The summed E-state index contributed by atoms with van der Waals surface area (Å²) in [5.41, 5.74) is 0.891. The fourth-order valence-electron chi connectivity index (χ4n) is 4.02. The van der Waals surface area contributed by atoms with Gasteiger partial charge >= 0.3 is 0 Å². The van der Waals surface area contributed by atoms with Crippen LogP contribution < -0.4 is 10.2 Å². The maximum atomic E-state index is 14.4. The molecule has 0 aliphatic carbocycles. The Morgan fingerprint density at radius 1 is 1.00 bits per heavy atom. The standard InChI is InChI=1S/C21H26FN3O3S2/c22-17-7-6-8-18(24-11-4-5-12-24)21(17)23-19(26)15-16-9-10-20(29-16)30(27,28)25-13-2-1-3-14-25/h6-10H,1-5,11-15H2,(H,23,26). The predicted molar refractivity (Wildman–Crippen MR) is 117 cm³/mol. The van der Waals surface area contributed by atoms with Gasteiger partial charge in [0.1, 0.15) is 15.7 Å². The molecule has 1 N–H and O–H groups in total. The number of hydrogen-bond acceptors (Lipinski definition) is 5. The van der Waals surface area contributed by atoms with E-state index in [4.69, 9.17) is 0 Å². The molecular weight excluding hydrogens is 425 g/mol. The van der Waals surface area contributed by atoms with Crippen molar-refractivity contribution in [3.05, 3.63) is 41.0 Å². The molecule has 1 aromatic carbocycles. The van der Waals surface area contributed by atoms with E-state index in [1.54, 1.807) is 18.2 Å². The van der Waals surface area contributed by atoms with E-state index < -0.39 is 15.8 Å². The molecule has 9 heteroatoms. The van der Waals surface area contributed by atoms with E-state index in [1.165, 1.54) is 10.4 Å². The monoisotopic (exact) mass is 451 g/mol. The van der Waals surface area contributed by atoms with Crippen molar-refractivity contribution < 1.29 is 17.6 Å². The molecule has 0 bridgehead atoms. The third kappa shape index (κ3) is 4.53. The number of carbonyl (C=O) groups is 1. The Kier molecular flexibility index (Phi) is 6.40. The first-order valence-electron chi connectivity index (χ1n) is 10.4. The summed E-state index contributed by atoms with van der Waals surface area (Å²) < 4.78 is 41.8. The second-order valence-electron chi connectivity index (χ2n) is 7.74. The highest BCUT2D eigenvalue weighted by atomic mass is 32.2. The number of halogens is 1. The zero-order valence-corrected chi connectivity index (χ0v) is 18.4. The van der Waals surface area contributed by atoms with Gasteiger partial charge in [-0.3, -0.25) is 4.79 Å². The first-order chi connectivity index (χ1) is 14.4. The van der Waals surface area contributed by atoms with Crippen molar-refractivity contribution in [2.45, 2.75) is 42.7 Å². The zero-order valence-electron chi connectivity index (χ0n) is 16.8. The van der Waals surface area contributed by atoms with Crippen LogP contribution in [-0.2, 0) is 21.2 Å². The Bertz CT molecular complexity index is 1010. The van der Waals surface area contributed by atoms with E-state index in [1.807, 2.05) is 6.07 Å². The van der Waals surface area contributed by atoms with Gasteiger partial charge in [-0.15, -0.1) is 11.3 Å². The Labute approximate surface area is 180 Å². The lowest BCUT2D eigenvalue weighted by Gasteiger charge is -2.25. The Morgan fingerprint density at radius 2 is 1.70 bits per heavy atom. The minimum absolute atomic E-state index is 0.00790. The number of nitrogens with one attached hydrogen (secondary N) is 1. The summed E-state index contributed by atoms with van der Waals surface area (Å²) >= 11 is 1.11. The summed E-state index contributed by atoms with van der Waals surface area (Å²) in [6, 6.07) is 8.04. The molecule has 162 valence electrons. The van der Waals surface area contributed by atoms with Gasteiger partial charge in [0.15, 0.2) is 0 Å². The maximum absolute atomic E-state index is 14.4. The van der Waals surface area contributed by atoms with Gasteiger partial charge in [0.2, 0.25) is 5.91 Å². The number of rotatable bonds is 6. The van der Waals surface area contributed by atoms with Crippen LogP contribution in [0.1, 0.15) is 37.0 Å². The molecular formula is C21H26FN3O3S2. The largest absolute Gasteiger partial charge is 0.370 e. The van der Waals surface area contributed by atoms with Gasteiger partial charge in [0.05, 0.1) is 12.1 Å². The van der Waals surface area contributed by atoms with Crippen molar-refractivity contribution in [3.8, 4) is 0 Å². The molecule has 0 radical (unpaired) electrons. The van der Waals surface area contributed by atoms with Gasteiger partial charge in [-0.2, -0.15) is 4.31 Å². The molecule has 0 spiro atoms. The highest BCUT2D eigenvalue weighted by molar-refractivity contribution is 7.91. The van der Waals surface area contributed by atoms with Crippen LogP contribution in [0.5, 0.6) is 0 Å². The number of benzene rings is 1. The van der Waals surface area contributed by atoms with Crippen LogP contribution in [-0.4, -0.2) is 44.8 Å². The van der Waals surface area contributed by atoms with Crippen LogP contribution in [0, 0.1) is 5.82 Å². The summed E-state index contributed by atoms with van der Waals surface area (Å²) in [4.78, 5) is 15.3. The Morgan fingerprint density at radius 3 is 2.43 bits per heavy atom. The second kappa shape index (κ2) is 9.03. The molecule has 0 saturated carbocycles. The number of sulfonamides is 1. The summed E-state index contributed by atoms with van der Waals surface area (Å²) in [5.74, 6) is -0.823. The lowest BCUT2D eigenvalue weighted by molar-refractivity contribution is -0.115. The smallest absolute Gasteiger partial charge is 0.252 e. The van der Waals surface area contributed by atoms with Gasteiger partial charge < -0.3 is 10.2 Å². The number of para-hydroxylation sites is 1. The Balaban J connectivity index is 1.46. The van der Waals surface area contributed by atoms with Gasteiger partial charge in [0.25, 0.3) is 10.0 Å². The number of piperidine rings is 1. The number of carbonyl (C=O) groups excluding carboxylic acids is 1. The molecule has 30 heavy (non-hydrogen) atoms. The number of amides is 1. The molecule has 2 aromatic rings. The second-order valence-corrected chi connectivity index (χ2v) is 11.1. The average Bonchev–Trinajstić information content (AvgIpc) is 3.43. The van der Waals surface area contributed by atoms with Crippen molar-refractivity contribution in [2.75, 3.05) is 36.4 Å². The molecule has 4 rings (SSSR count). The van der Waals surface area contributed by atoms with Crippen LogP contribution in [0.3, 0.4) is 0 Å². The first kappa shape index (κ1) is 21.3. The van der Waals surface area contributed by atoms with Gasteiger partial charge in [-0.25, -0.2) is 12.8 Å². The van der Waals surface area contributed by atoms with Gasteiger partial charge in [-0.05, 0) is 49.9 Å². The highest BCUT2D eigenvalue weighted by Gasteiger charge is 2.27. The lowest BCUT2D eigenvalue weighted by atomic mass is 10.2. The molecule has 1 aromatic heterocycles. The summed E-state index contributed by atoms with van der Waals surface area (Å²) in [6.45, 7) is 2.77. The normalized spacial score (nSPS) is 18.0. The summed E-state index contributed by atoms with van der Waals surface area (Å²) in [7, 11) is -3.51. The van der Waals surface area contributed by atoms with E-state index in [0.29, 0.717) is 23.7 Å². The minimum atomic E-state index is -3.51. The van der Waals surface area contributed by atoms with Crippen LogP contribution in [0.2, 0.25) is 0 Å². The minimum Gasteiger partial charge on any atom is -0.370 e. The van der Waals surface area contributed by atoms with Gasteiger partial charge in [0, 0.05) is 31.1 Å². The fraction of sp³-hybridized carbons (Fsp3) is 0.476. The van der Waals surface area contributed by atoms with Crippen LogP contribution in [0.15, 0.2) is 34.5 Å². The van der Waals surface area contributed by atoms with Crippen LogP contribution in [0.25, 0.3) is 0 Å². The average molecular weight is 452 g/mol. The predicted octanol–water partition coefficient (Wildman–Crippen LogP) is 3.84. The first-order valence-corrected chi connectivity index (χ1v) is 12.6. The molecule has 2 saturated heterocycles. The van der Waals surface area contributed by atoms with E-state index in [-0.39, 0.29) is 22.2 Å². The summed E-state index contributed by atoms with van der Waals surface area (Å²) in [5, 5.41) is 2.71. The van der Waals surface area contributed by atoms with E-state index >= 15 is 0 Å².